The van der Waals surface area contributed by atoms with Crippen LogP contribution in [0.3, 0.4) is 0 Å². The second-order valence-electron chi connectivity index (χ2n) is 7.47. The molecule has 0 saturated heterocycles. The molecule has 4 nitrogen and oxygen atoms in total. The van der Waals surface area contributed by atoms with E-state index in [-0.39, 0.29) is 24.0 Å². The minimum absolute atomic E-state index is 0. The molecule has 0 aromatic rings. The molecule has 0 radical (unpaired) electrons. The number of guanidine groups is 1. The third-order valence-electron chi connectivity index (χ3n) is 5.22. The van der Waals surface area contributed by atoms with Crippen molar-refractivity contribution in [1.29, 1.82) is 0 Å². The maximum atomic E-state index is 5.75. The number of nitrogens with zero attached hydrogens (tertiary/aromatic N) is 2. The van der Waals surface area contributed by atoms with E-state index in [0.29, 0.717) is 0 Å². The molecule has 0 aromatic carbocycles. The first-order valence-corrected chi connectivity index (χ1v) is 9.35. The Morgan fingerprint density at radius 2 is 1.83 bits per heavy atom. The highest BCUT2D eigenvalue weighted by Crippen LogP contribution is 2.49. The lowest BCUT2D eigenvalue weighted by molar-refractivity contribution is 0.115. The number of aliphatic imine (C=N–C) groups is 1. The number of ether oxygens (including phenoxy) is 1. The zero-order valence-corrected chi connectivity index (χ0v) is 17.1. The number of nitrogens with one attached hydrogen (secondary N) is 1. The third-order valence-corrected chi connectivity index (χ3v) is 5.22. The van der Waals surface area contributed by atoms with Gasteiger partial charge in [0.15, 0.2) is 5.96 Å². The summed E-state index contributed by atoms with van der Waals surface area (Å²) >= 11 is 0. The van der Waals surface area contributed by atoms with Crippen molar-refractivity contribution < 1.29 is 4.74 Å². The van der Waals surface area contributed by atoms with Crippen LogP contribution in [0.25, 0.3) is 0 Å². The minimum atomic E-state index is 0. The van der Waals surface area contributed by atoms with E-state index in [1.165, 1.54) is 38.5 Å². The molecule has 0 unspecified atom stereocenters. The summed E-state index contributed by atoms with van der Waals surface area (Å²) in [7, 11) is 2.13. The quantitative estimate of drug-likeness (QED) is 0.248. The fourth-order valence-corrected chi connectivity index (χ4v) is 3.24. The maximum absolute atomic E-state index is 5.75. The molecule has 1 N–H and O–H groups in total. The molecule has 3 aliphatic carbocycles. The van der Waals surface area contributed by atoms with Gasteiger partial charge >= 0.3 is 0 Å². The van der Waals surface area contributed by atoms with E-state index in [1.807, 2.05) is 0 Å². The fraction of sp³-hybridized carbons (Fsp3) is 0.944. The van der Waals surface area contributed by atoms with Gasteiger partial charge in [-0.2, -0.15) is 0 Å². The lowest BCUT2D eigenvalue weighted by Gasteiger charge is -2.23. The number of likely N-dealkylation sites (N-methyl/N-ethyl adjacent to an activating group) is 1. The van der Waals surface area contributed by atoms with Crippen LogP contribution in [0.5, 0.6) is 0 Å². The van der Waals surface area contributed by atoms with Crippen molar-refractivity contribution in [2.75, 3.05) is 39.9 Å². The molecule has 3 aliphatic rings. The van der Waals surface area contributed by atoms with Crippen molar-refractivity contribution >= 4 is 29.9 Å². The predicted molar refractivity (Wildman–Crippen MR) is 107 cm³/mol. The summed E-state index contributed by atoms with van der Waals surface area (Å²) in [6, 6.07) is 0. The zero-order valence-electron chi connectivity index (χ0n) is 14.8. The first-order valence-electron chi connectivity index (χ1n) is 9.35. The predicted octanol–water partition coefficient (Wildman–Crippen LogP) is 3.36. The standard InChI is InChI=1S/C18H33N3O.HI/c1-3-19-18(21(2)10-11-22-13-14-4-5-14)20-12-17(15-6-7-15)16-8-9-16;/h14-17H,3-13H2,1-2H3,(H,19,20);1H. The first kappa shape index (κ1) is 19.3. The molecule has 3 rings (SSSR count). The van der Waals surface area contributed by atoms with E-state index >= 15 is 0 Å². The Labute approximate surface area is 158 Å². The summed E-state index contributed by atoms with van der Waals surface area (Å²) in [5, 5.41) is 3.44. The van der Waals surface area contributed by atoms with Gasteiger partial charge in [0, 0.05) is 33.3 Å². The number of hydrogen-bond acceptors (Lipinski definition) is 2. The lowest BCUT2D eigenvalue weighted by atomic mass is 9.98. The van der Waals surface area contributed by atoms with Gasteiger partial charge in [0.2, 0.25) is 0 Å². The van der Waals surface area contributed by atoms with Crippen molar-refractivity contribution in [3.8, 4) is 0 Å². The number of hydrogen-bond donors (Lipinski definition) is 1. The zero-order chi connectivity index (χ0) is 15.4. The summed E-state index contributed by atoms with van der Waals surface area (Å²) in [5.74, 6) is 4.72. The molecule has 134 valence electrons. The largest absolute Gasteiger partial charge is 0.379 e. The molecule has 0 amide bonds. The summed E-state index contributed by atoms with van der Waals surface area (Å²) in [6.45, 7) is 6.79. The summed E-state index contributed by atoms with van der Waals surface area (Å²) in [5.41, 5.74) is 0. The Morgan fingerprint density at radius 3 is 2.35 bits per heavy atom. The van der Waals surface area contributed by atoms with Crippen molar-refractivity contribution in [3.63, 3.8) is 0 Å². The minimum Gasteiger partial charge on any atom is -0.379 e. The maximum Gasteiger partial charge on any atom is 0.193 e. The molecule has 0 bridgehead atoms. The molecule has 5 heteroatoms. The number of halogens is 1. The van der Waals surface area contributed by atoms with Crippen molar-refractivity contribution in [2.45, 2.75) is 45.4 Å². The van der Waals surface area contributed by atoms with Gasteiger partial charge in [-0.1, -0.05) is 0 Å². The van der Waals surface area contributed by atoms with Crippen LogP contribution in [-0.4, -0.2) is 50.8 Å². The van der Waals surface area contributed by atoms with Crippen LogP contribution in [0.15, 0.2) is 4.99 Å². The molecule has 0 aliphatic heterocycles. The van der Waals surface area contributed by atoms with Crippen molar-refractivity contribution in [1.82, 2.24) is 10.2 Å². The lowest BCUT2D eigenvalue weighted by Crippen LogP contribution is -2.41. The van der Waals surface area contributed by atoms with E-state index in [9.17, 15) is 0 Å². The van der Waals surface area contributed by atoms with Crippen LogP contribution in [0.1, 0.15) is 45.4 Å². The fourth-order valence-electron chi connectivity index (χ4n) is 3.24. The van der Waals surface area contributed by atoms with E-state index < -0.39 is 0 Å². The molecular weight excluding hydrogens is 401 g/mol. The van der Waals surface area contributed by atoms with Gasteiger partial charge < -0.3 is 15.0 Å². The second-order valence-corrected chi connectivity index (χ2v) is 7.47. The molecule has 0 atom stereocenters. The topological polar surface area (TPSA) is 36.9 Å². The Balaban J connectivity index is 0.00000192. The molecular formula is C18H34IN3O. The van der Waals surface area contributed by atoms with Crippen molar-refractivity contribution in [2.24, 2.45) is 28.7 Å². The van der Waals surface area contributed by atoms with Crippen LogP contribution in [-0.2, 0) is 4.74 Å². The van der Waals surface area contributed by atoms with Crippen LogP contribution in [0, 0.1) is 23.7 Å². The highest BCUT2D eigenvalue weighted by atomic mass is 127. The Kier molecular flexibility index (Phi) is 7.92. The molecule has 23 heavy (non-hydrogen) atoms. The highest BCUT2D eigenvalue weighted by Gasteiger charge is 2.41. The third kappa shape index (κ3) is 6.77. The van der Waals surface area contributed by atoms with E-state index in [0.717, 1.165) is 62.5 Å². The molecule has 0 spiro atoms. The van der Waals surface area contributed by atoms with Gasteiger partial charge in [-0.3, -0.25) is 4.99 Å². The Morgan fingerprint density at radius 1 is 1.17 bits per heavy atom. The van der Waals surface area contributed by atoms with Gasteiger partial charge in [-0.25, -0.2) is 0 Å². The second kappa shape index (κ2) is 9.44. The normalized spacial score (nSPS) is 21.3. The van der Waals surface area contributed by atoms with E-state index in [1.54, 1.807) is 0 Å². The van der Waals surface area contributed by atoms with Gasteiger partial charge in [0.25, 0.3) is 0 Å². The smallest absolute Gasteiger partial charge is 0.193 e. The molecule has 0 heterocycles. The Bertz CT molecular complexity index is 366. The van der Waals surface area contributed by atoms with Crippen LogP contribution in [0.2, 0.25) is 0 Å². The average Bonchev–Trinajstić information content (AvgIpc) is 3.39. The summed E-state index contributed by atoms with van der Waals surface area (Å²) in [4.78, 5) is 7.17. The van der Waals surface area contributed by atoms with Gasteiger partial charge in [-0.15, -0.1) is 24.0 Å². The molecule has 3 saturated carbocycles. The summed E-state index contributed by atoms with van der Waals surface area (Å²) in [6.07, 6.45) is 8.50. The molecule has 3 fully saturated rings. The van der Waals surface area contributed by atoms with Crippen LogP contribution < -0.4 is 5.32 Å². The van der Waals surface area contributed by atoms with Crippen LogP contribution >= 0.6 is 24.0 Å². The molecule has 0 aromatic heterocycles. The SMILES string of the molecule is CCNC(=NCC(C1CC1)C1CC1)N(C)CCOCC1CC1.I. The average molecular weight is 435 g/mol. The monoisotopic (exact) mass is 435 g/mol. The van der Waals surface area contributed by atoms with Crippen molar-refractivity contribution in [3.05, 3.63) is 0 Å². The van der Waals surface area contributed by atoms with Gasteiger partial charge in [0.1, 0.15) is 0 Å². The first-order chi connectivity index (χ1) is 10.8. The summed E-state index contributed by atoms with van der Waals surface area (Å²) < 4.78 is 5.75. The van der Waals surface area contributed by atoms with Gasteiger partial charge in [-0.05, 0) is 69.1 Å². The number of rotatable bonds is 10. The van der Waals surface area contributed by atoms with Crippen LogP contribution in [0.4, 0.5) is 0 Å². The van der Waals surface area contributed by atoms with E-state index in [2.05, 4.69) is 24.2 Å². The van der Waals surface area contributed by atoms with Gasteiger partial charge in [0.05, 0.1) is 6.61 Å². The van der Waals surface area contributed by atoms with E-state index in [4.69, 9.17) is 9.73 Å². The Hall–Kier alpha value is -0.0400. The highest BCUT2D eigenvalue weighted by molar-refractivity contribution is 14.0.